The standard InChI is InChI=1S/C15H14N6O4S/c1-9-12(26-14(19-9)13-16-4-3-5-17-13)15(22)25-7-6-20-10(2)18-8-11(20)21(23)24/h3-5,8H,6-7H2,1-2H3. The van der Waals surface area contributed by atoms with Crippen molar-refractivity contribution in [3.8, 4) is 10.8 Å². The van der Waals surface area contributed by atoms with E-state index < -0.39 is 10.9 Å². The normalized spacial score (nSPS) is 10.7. The Morgan fingerprint density at radius 1 is 1.31 bits per heavy atom. The van der Waals surface area contributed by atoms with Gasteiger partial charge in [0.25, 0.3) is 0 Å². The Bertz CT molecular complexity index is 952. The summed E-state index contributed by atoms with van der Waals surface area (Å²) in [5.74, 6) is 0.230. The molecule has 0 aliphatic carbocycles. The highest BCUT2D eigenvalue weighted by Crippen LogP contribution is 2.25. The summed E-state index contributed by atoms with van der Waals surface area (Å²) in [4.78, 5) is 39.5. The Morgan fingerprint density at radius 2 is 2.04 bits per heavy atom. The molecule has 3 rings (SSSR count). The molecule has 3 aromatic heterocycles. The average molecular weight is 374 g/mol. The van der Waals surface area contributed by atoms with Gasteiger partial charge in [-0.1, -0.05) is 0 Å². The van der Waals surface area contributed by atoms with E-state index in [4.69, 9.17) is 4.74 Å². The van der Waals surface area contributed by atoms with Crippen molar-refractivity contribution in [3.05, 3.63) is 51.2 Å². The maximum atomic E-state index is 12.3. The van der Waals surface area contributed by atoms with Gasteiger partial charge in [0.05, 0.1) is 5.69 Å². The lowest BCUT2D eigenvalue weighted by Crippen LogP contribution is -2.13. The van der Waals surface area contributed by atoms with Crippen LogP contribution in [0, 0.1) is 24.0 Å². The molecule has 3 aromatic rings. The largest absolute Gasteiger partial charge is 0.457 e. The number of rotatable bonds is 6. The molecule has 0 bridgehead atoms. The van der Waals surface area contributed by atoms with Crippen LogP contribution in [0.15, 0.2) is 24.7 Å². The molecular weight excluding hydrogens is 360 g/mol. The van der Waals surface area contributed by atoms with E-state index in [0.29, 0.717) is 27.2 Å². The first kappa shape index (κ1) is 17.6. The van der Waals surface area contributed by atoms with Gasteiger partial charge in [-0.15, -0.1) is 11.3 Å². The number of imidazole rings is 1. The summed E-state index contributed by atoms with van der Waals surface area (Å²) in [5.41, 5.74) is 0.521. The number of carbonyl (C=O) groups excluding carboxylic acids is 1. The summed E-state index contributed by atoms with van der Waals surface area (Å²) in [7, 11) is 0. The van der Waals surface area contributed by atoms with Gasteiger partial charge in [0.2, 0.25) is 0 Å². The molecule has 0 aromatic carbocycles. The highest BCUT2D eigenvalue weighted by molar-refractivity contribution is 7.16. The van der Waals surface area contributed by atoms with Crippen molar-refractivity contribution >= 4 is 23.1 Å². The quantitative estimate of drug-likeness (QED) is 0.365. The first-order valence-corrected chi connectivity index (χ1v) is 8.37. The molecule has 0 amide bonds. The van der Waals surface area contributed by atoms with Gasteiger partial charge in [0.15, 0.2) is 16.7 Å². The molecule has 0 saturated carbocycles. The van der Waals surface area contributed by atoms with Crippen molar-refractivity contribution in [2.45, 2.75) is 20.4 Å². The molecular formula is C15H14N6O4S. The third kappa shape index (κ3) is 3.57. The minimum atomic E-state index is -0.539. The van der Waals surface area contributed by atoms with Crippen LogP contribution in [0.25, 0.3) is 10.8 Å². The number of aromatic nitrogens is 5. The van der Waals surface area contributed by atoms with E-state index in [1.54, 1.807) is 32.3 Å². The zero-order chi connectivity index (χ0) is 18.7. The zero-order valence-electron chi connectivity index (χ0n) is 13.9. The Morgan fingerprint density at radius 3 is 2.73 bits per heavy atom. The summed E-state index contributed by atoms with van der Waals surface area (Å²) < 4.78 is 6.63. The van der Waals surface area contributed by atoms with Crippen LogP contribution in [0.4, 0.5) is 5.82 Å². The maximum absolute atomic E-state index is 12.3. The highest BCUT2D eigenvalue weighted by Gasteiger charge is 2.21. The smallest absolute Gasteiger partial charge is 0.350 e. The third-order valence-corrected chi connectivity index (χ3v) is 4.64. The highest BCUT2D eigenvalue weighted by atomic mass is 32.1. The second-order valence-corrected chi connectivity index (χ2v) is 6.21. The average Bonchev–Trinajstić information content (AvgIpc) is 3.19. The number of aryl methyl sites for hydroxylation is 2. The molecule has 0 radical (unpaired) electrons. The van der Waals surface area contributed by atoms with E-state index in [1.165, 1.54) is 10.8 Å². The van der Waals surface area contributed by atoms with E-state index in [-0.39, 0.29) is 19.0 Å². The SMILES string of the molecule is Cc1nc(-c2ncccn2)sc1C(=O)OCCn1c([N+](=O)[O-])cnc1C. The number of ether oxygens (including phenoxy) is 1. The van der Waals surface area contributed by atoms with Crippen LogP contribution in [-0.2, 0) is 11.3 Å². The van der Waals surface area contributed by atoms with Gasteiger partial charge in [-0.3, -0.25) is 0 Å². The first-order chi connectivity index (χ1) is 12.5. The minimum absolute atomic E-state index is 0.0224. The van der Waals surface area contributed by atoms with E-state index in [9.17, 15) is 14.9 Å². The zero-order valence-corrected chi connectivity index (χ0v) is 14.8. The van der Waals surface area contributed by atoms with Gasteiger partial charge in [0, 0.05) is 19.3 Å². The van der Waals surface area contributed by atoms with Crippen LogP contribution >= 0.6 is 11.3 Å². The molecule has 0 N–H and O–H groups in total. The number of thiazole rings is 1. The first-order valence-electron chi connectivity index (χ1n) is 7.56. The van der Waals surface area contributed by atoms with Crippen LogP contribution in [0.1, 0.15) is 21.2 Å². The van der Waals surface area contributed by atoms with Crippen LogP contribution in [0.3, 0.4) is 0 Å². The van der Waals surface area contributed by atoms with Gasteiger partial charge in [-0.2, -0.15) is 0 Å². The van der Waals surface area contributed by atoms with Crippen LogP contribution < -0.4 is 0 Å². The number of hydrogen-bond donors (Lipinski definition) is 0. The van der Waals surface area contributed by atoms with Crippen molar-refractivity contribution in [1.82, 2.24) is 24.5 Å². The Hall–Kier alpha value is -3.21. The summed E-state index contributed by atoms with van der Waals surface area (Å²) in [5, 5.41) is 11.5. The van der Waals surface area contributed by atoms with Crippen LogP contribution in [0.2, 0.25) is 0 Å². The lowest BCUT2D eigenvalue weighted by atomic mass is 10.4. The van der Waals surface area contributed by atoms with Crippen LogP contribution in [-0.4, -0.2) is 42.0 Å². The number of nitro groups is 1. The second kappa shape index (κ2) is 7.35. The molecule has 0 aliphatic rings. The number of esters is 1. The molecule has 0 spiro atoms. The van der Waals surface area contributed by atoms with Crippen molar-refractivity contribution in [3.63, 3.8) is 0 Å². The fraction of sp³-hybridized carbons (Fsp3) is 0.267. The van der Waals surface area contributed by atoms with E-state index in [1.807, 2.05) is 0 Å². The summed E-state index contributed by atoms with van der Waals surface area (Å²) in [6.07, 6.45) is 4.37. The second-order valence-electron chi connectivity index (χ2n) is 5.21. The fourth-order valence-corrected chi connectivity index (χ4v) is 3.17. The van der Waals surface area contributed by atoms with Gasteiger partial charge in [0.1, 0.15) is 24.2 Å². The molecule has 26 heavy (non-hydrogen) atoms. The Kier molecular flexibility index (Phi) is 4.98. The lowest BCUT2D eigenvalue weighted by molar-refractivity contribution is -0.392. The predicted molar refractivity (Wildman–Crippen MR) is 91.8 cm³/mol. The molecule has 0 unspecified atom stereocenters. The van der Waals surface area contributed by atoms with Crippen molar-refractivity contribution < 1.29 is 14.5 Å². The van der Waals surface area contributed by atoms with Crippen molar-refractivity contribution in [1.29, 1.82) is 0 Å². The van der Waals surface area contributed by atoms with Crippen molar-refractivity contribution in [2.75, 3.05) is 6.61 Å². The number of nitrogens with zero attached hydrogens (tertiary/aromatic N) is 6. The molecule has 3 heterocycles. The van der Waals surface area contributed by atoms with Crippen molar-refractivity contribution in [2.24, 2.45) is 0 Å². The van der Waals surface area contributed by atoms with Crippen LogP contribution in [0.5, 0.6) is 0 Å². The maximum Gasteiger partial charge on any atom is 0.350 e. The molecule has 0 saturated heterocycles. The predicted octanol–water partition coefficient (Wildman–Crippen LogP) is 2.18. The van der Waals surface area contributed by atoms with E-state index in [0.717, 1.165) is 11.3 Å². The van der Waals surface area contributed by atoms with Gasteiger partial charge in [-0.25, -0.2) is 29.3 Å². The number of carbonyl (C=O) groups is 1. The molecule has 0 fully saturated rings. The monoisotopic (exact) mass is 374 g/mol. The minimum Gasteiger partial charge on any atom is -0.457 e. The summed E-state index contributed by atoms with van der Waals surface area (Å²) in [6, 6.07) is 1.69. The van der Waals surface area contributed by atoms with E-state index >= 15 is 0 Å². The van der Waals surface area contributed by atoms with Gasteiger partial charge < -0.3 is 14.9 Å². The molecule has 0 atom stereocenters. The van der Waals surface area contributed by atoms with E-state index in [2.05, 4.69) is 19.9 Å². The summed E-state index contributed by atoms with van der Waals surface area (Å²) >= 11 is 1.14. The Balaban J connectivity index is 1.67. The van der Waals surface area contributed by atoms with Gasteiger partial charge >= 0.3 is 11.8 Å². The lowest BCUT2D eigenvalue weighted by Gasteiger charge is -2.04. The number of hydrogen-bond acceptors (Lipinski definition) is 9. The molecule has 11 heteroatoms. The Labute approximate surface area is 151 Å². The topological polar surface area (TPSA) is 126 Å². The molecule has 10 nitrogen and oxygen atoms in total. The fourth-order valence-electron chi connectivity index (χ4n) is 2.26. The molecule has 134 valence electrons. The summed E-state index contributed by atoms with van der Waals surface area (Å²) in [6.45, 7) is 3.46. The van der Waals surface area contributed by atoms with Gasteiger partial charge in [-0.05, 0) is 17.9 Å². The molecule has 0 aliphatic heterocycles. The third-order valence-electron chi connectivity index (χ3n) is 3.51.